The second-order valence-electron chi connectivity index (χ2n) is 6.93. The van der Waals surface area contributed by atoms with E-state index in [1.165, 1.54) is 0 Å². The first kappa shape index (κ1) is 16.2. The van der Waals surface area contributed by atoms with Crippen molar-refractivity contribution in [2.75, 3.05) is 5.32 Å². The first-order chi connectivity index (χ1) is 10.8. The van der Waals surface area contributed by atoms with E-state index in [-0.39, 0.29) is 17.6 Å². The molecule has 4 nitrogen and oxygen atoms in total. The third-order valence-corrected chi connectivity index (χ3v) is 7.07. The third-order valence-electron chi connectivity index (χ3n) is 4.90. The average Bonchev–Trinajstić information content (AvgIpc) is 3.09. The van der Waals surface area contributed by atoms with E-state index < -0.39 is 15.1 Å². The van der Waals surface area contributed by atoms with Crippen molar-refractivity contribution < 1.29 is 13.2 Å². The summed E-state index contributed by atoms with van der Waals surface area (Å²) in [5, 5.41) is 2.56. The Hall–Kier alpha value is -1.62. The molecule has 1 amide bonds. The topological polar surface area (TPSA) is 63.2 Å². The van der Waals surface area contributed by atoms with Gasteiger partial charge in [0.15, 0.2) is 9.84 Å². The molecular weight excluding hydrogens is 310 g/mol. The lowest BCUT2D eigenvalue weighted by molar-refractivity contribution is -0.120. The van der Waals surface area contributed by atoms with Crippen LogP contribution >= 0.6 is 0 Å². The Kier molecular flexibility index (Phi) is 4.32. The normalized spacial score (nSPS) is 26.0. The van der Waals surface area contributed by atoms with Gasteiger partial charge in [0.1, 0.15) is 0 Å². The Morgan fingerprint density at radius 3 is 2.65 bits per heavy atom. The molecule has 124 valence electrons. The fourth-order valence-electron chi connectivity index (χ4n) is 3.45. The van der Waals surface area contributed by atoms with Crippen LogP contribution in [0.3, 0.4) is 0 Å². The molecule has 0 spiro atoms. The number of nitrogens with one attached hydrogen (secondary N) is 1. The highest BCUT2D eigenvalue weighted by Crippen LogP contribution is 2.43. The Morgan fingerprint density at radius 1 is 1.26 bits per heavy atom. The zero-order valence-corrected chi connectivity index (χ0v) is 14.3. The van der Waals surface area contributed by atoms with Crippen molar-refractivity contribution in [2.24, 2.45) is 17.8 Å². The molecule has 1 fully saturated rings. The highest BCUT2D eigenvalue weighted by Gasteiger charge is 2.39. The predicted molar refractivity (Wildman–Crippen MR) is 91.7 cm³/mol. The van der Waals surface area contributed by atoms with Crippen molar-refractivity contribution in [3.63, 3.8) is 0 Å². The number of carbonyl (C=O) groups is 1. The van der Waals surface area contributed by atoms with E-state index in [0.717, 1.165) is 12.8 Å². The quantitative estimate of drug-likeness (QED) is 0.842. The summed E-state index contributed by atoms with van der Waals surface area (Å²) in [5.74, 6) is 1.02. The molecule has 2 bridgehead atoms. The van der Waals surface area contributed by atoms with Crippen molar-refractivity contribution in [3.05, 3.63) is 42.0 Å². The van der Waals surface area contributed by atoms with Crippen molar-refractivity contribution in [3.8, 4) is 0 Å². The van der Waals surface area contributed by atoms with Crippen LogP contribution in [0.4, 0.5) is 5.69 Å². The first-order valence-corrected chi connectivity index (χ1v) is 9.86. The molecule has 1 aromatic rings. The maximum atomic E-state index is 12.4. The number of carbonyl (C=O) groups excluding carboxylic acids is 1. The zero-order chi connectivity index (χ0) is 16.6. The molecule has 0 radical (unpaired) electrons. The van der Waals surface area contributed by atoms with Crippen LogP contribution in [-0.4, -0.2) is 19.6 Å². The van der Waals surface area contributed by atoms with Gasteiger partial charge in [0, 0.05) is 11.6 Å². The zero-order valence-electron chi connectivity index (χ0n) is 13.5. The lowest BCUT2D eigenvalue weighted by Gasteiger charge is -2.18. The van der Waals surface area contributed by atoms with Crippen molar-refractivity contribution in [2.45, 2.75) is 37.7 Å². The molecule has 2 aliphatic rings. The molecule has 1 saturated carbocycles. The van der Waals surface area contributed by atoms with Gasteiger partial charge in [-0.25, -0.2) is 8.42 Å². The number of rotatable bonds is 5. The summed E-state index contributed by atoms with van der Waals surface area (Å²) in [7, 11) is -3.14. The second-order valence-corrected chi connectivity index (χ2v) is 9.49. The molecule has 0 saturated heterocycles. The SMILES string of the molecule is CC(C)S(=O)(=O)Cc1cccc(NC(=O)[C@H]2C[C@H]3C=C[C@H]2C3)c1. The van der Waals surface area contributed by atoms with E-state index in [1.807, 2.05) is 6.07 Å². The van der Waals surface area contributed by atoms with Gasteiger partial charge in [0.05, 0.1) is 11.0 Å². The van der Waals surface area contributed by atoms with Crippen molar-refractivity contribution >= 4 is 21.4 Å². The predicted octanol–water partition coefficient (Wildman–Crippen LogP) is 3.16. The van der Waals surface area contributed by atoms with E-state index in [4.69, 9.17) is 0 Å². The Balaban J connectivity index is 1.68. The van der Waals surface area contributed by atoms with Crippen LogP contribution in [0.5, 0.6) is 0 Å². The van der Waals surface area contributed by atoms with Gasteiger partial charge in [-0.3, -0.25) is 4.79 Å². The maximum absolute atomic E-state index is 12.4. The number of hydrogen-bond acceptors (Lipinski definition) is 3. The van der Waals surface area contributed by atoms with Crippen LogP contribution in [0.2, 0.25) is 0 Å². The summed E-state index contributed by atoms with van der Waals surface area (Å²) in [6, 6.07) is 7.16. The fourth-order valence-corrected chi connectivity index (χ4v) is 4.43. The Bertz CT molecular complexity index is 736. The number of anilines is 1. The van der Waals surface area contributed by atoms with E-state index in [2.05, 4.69) is 17.5 Å². The molecule has 0 unspecified atom stereocenters. The van der Waals surface area contributed by atoms with Crippen LogP contribution < -0.4 is 5.32 Å². The molecule has 2 aliphatic carbocycles. The van der Waals surface area contributed by atoms with E-state index in [1.54, 1.807) is 32.0 Å². The molecule has 3 rings (SSSR count). The average molecular weight is 333 g/mol. The number of hydrogen-bond donors (Lipinski definition) is 1. The standard InChI is InChI=1S/C18H23NO3S/c1-12(2)23(21,22)11-14-4-3-5-16(9-14)19-18(20)17-10-13-6-7-15(17)8-13/h3-7,9,12-13,15,17H,8,10-11H2,1-2H3,(H,19,20)/t13-,15-,17-/m0/s1. The highest BCUT2D eigenvalue weighted by atomic mass is 32.2. The second kappa shape index (κ2) is 6.11. The third kappa shape index (κ3) is 3.50. The molecule has 23 heavy (non-hydrogen) atoms. The van der Waals surface area contributed by atoms with Crippen LogP contribution in [0.15, 0.2) is 36.4 Å². The van der Waals surface area contributed by atoms with Gasteiger partial charge in [-0.15, -0.1) is 0 Å². The molecule has 0 aromatic heterocycles. The van der Waals surface area contributed by atoms with Gasteiger partial charge < -0.3 is 5.32 Å². The number of allylic oxidation sites excluding steroid dienone is 2. The fraction of sp³-hybridized carbons (Fsp3) is 0.500. The molecule has 0 aliphatic heterocycles. The molecule has 1 aromatic carbocycles. The highest BCUT2D eigenvalue weighted by molar-refractivity contribution is 7.91. The maximum Gasteiger partial charge on any atom is 0.228 e. The molecule has 1 N–H and O–H groups in total. The summed E-state index contributed by atoms with van der Waals surface area (Å²) in [6.45, 7) is 3.37. The summed E-state index contributed by atoms with van der Waals surface area (Å²) in [4.78, 5) is 12.4. The van der Waals surface area contributed by atoms with Gasteiger partial charge in [0.2, 0.25) is 5.91 Å². The monoisotopic (exact) mass is 333 g/mol. The minimum Gasteiger partial charge on any atom is -0.326 e. The van der Waals surface area contributed by atoms with Gasteiger partial charge in [-0.1, -0.05) is 24.3 Å². The lowest BCUT2D eigenvalue weighted by Crippen LogP contribution is -2.26. The number of fused-ring (bicyclic) bond motifs is 2. The van der Waals surface area contributed by atoms with Crippen molar-refractivity contribution in [1.82, 2.24) is 0 Å². The number of benzene rings is 1. The summed E-state index contributed by atoms with van der Waals surface area (Å²) >= 11 is 0. The summed E-state index contributed by atoms with van der Waals surface area (Å²) in [6.07, 6.45) is 6.38. The molecule has 5 heteroatoms. The van der Waals surface area contributed by atoms with Crippen molar-refractivity contribution in [1.29, 1.82) is 0 Å². The molecule has 3 atom stereocenters. The molecule has 0 heterocycles. The van der Waals surface area contributed by atoms with E-state index >= 15 is 0 Å². The molecular formula is C18H23NO3S. The smallest absolute Gasteiger partial charge is 0.228 e. The Morgan fingerprint density at radius 2 is 2.04 bits per heavy atom. The first-order valence-electron chi connectivity index (χ1n) is 8.15. The van der Waals surface area contributed by atoms with Gasteiger partial charge in [-0.05, 0) is 56.2 Å². The van der Waals surface area contributed by atoms with E-state index in [0.29, 0.717) is 23.1 Å². The minimum absolute atomic E-state index is 0.00520. The number of amides is 1. The lowest BCUT2D eigenvalue weighted by atomic mass is 9.93. The summed E-state index contributed by atoms with van der Waals surface area (Å²) in [5.41, 5.74) is 1.39. The van der Waals surface area contributed by atoms with Gasteiger partial charge in [-0.2, -0.15) is 0 Å². The van der Waals surface area contributed by atoms with Crippen LogP contribution in [-0.2, 0) is 20.4 Å². The summed E-state index contributed by atoms with van der Waals surface area (Å²) < 4.78 is 24.1. The van der Waals surface area contributed by atoms with Crippen LogP contribution in [0, 0.1) is 17.8 Å². The van der Waals surface area contributed by atoms with E-state index in [9.17, 15) is 13.2 Å². The van der Waals surface area contributed by atoms with Crippen LogP contribution in [0.25, 0.3) is 0 Å². The largest absolute Gasteiger partial charge is 0.326 e. The van der Waals surface area contributed by atoms with Crippen LogP contribution in [0.1, 0.15) is 32.3 Å². The van der Waals surface area contributed by atoms with Gasteiger partial charge >= 0.3 is 0 Å². The Labute approximate surface area is 137 Å². The minimum atomic E-state index is -3.14. The number of sulfone groups is 1. The van der Waals surface area contributed by atoms with Gasteiger partial charge in [0.25, 0.3) is 0 Å².